The van der Waals surface area contributed by atoms with E-state index in [0.29, 0.717) is 0 Å². The highest BCUT2D eigenvalue weighted by molar-refractivity contribution is 7.57. The number of benzene rings is 6. The first-order valence-electron chi connectivity index (χ1n) is 16.5. The molecule has 3 heterocycles. The fourth-order valence-corrected chi connectivity index (χ4v) is 11.9. The molecule has 6 unspecified atom stereocenters. The second-order valence-electron chi connectivity index (χ2n) is 12.8. The predicted molar refractivity (Wildman–Crippen MR) is 188 cm³/mol. The first kappa shape index (κ1) is 28.6. The van der Waals surface area contributed by atoms with Crippen LogP contribution in [0.1, 0.15) is 69.6 Å². The van der Waals surface area contributed by atoms with Gasteiger partial charge in [0.1, 0.15) is 0 Å². The van der Waals surface area contributed by atoms with E-state index < -0.39 is 7.59 Å². The van der Waals surface area contributed by atoms with Crippen LogP contribution in [0.15, 0.2) is 182 Å². The van der Waals surface area contributed by atoms with Crippen LogP contribution in [0.3, 0.4) is 0 Å². The molecule has 3 saturated heterocycles. The van der Waals surface area contributed by atoms with Crippen LogP contribution in [-0.2, 0) is 4.57 Å². The highest BCUT2D eigenvalue weighted by Gasteiger charge is 2.75. The minimum Gasteiger partial charge on any atom is -0.270 e. The van der Waals surface area contributed by atoms with Crippen molar-refractivity contribution in [2.75, 3.05) is 0 Å². The second-order valence-corrected chi connectivity index (χ2v) is 15.2. The molecule has 3 aliphatic rings. The molecule has 47 heavy (non-hydrogen) atoms. The molecule has 4 nitrogen and oxygen atoms in total. The number of hydrogen-bond acceptors (Lipinski definition) is 1. The van der Waals surface area contributed by atoms with E-state index in [-0.39, 0.29) is 36.3 Å². The Morgan fingerprint density at radius 3 is 0.574 bits per heavy atom. The summed E-state index contributed by atoms with van der Waals surface area (Å²) in [6, 6.07) is 63.9. The summed E-state index contributed by atoms with van der Waals surface area (Å²) in [6.07, 6.45) is 0. The number of hydrogen-bond donors (Lipinski definition) is 0. The van der Waals surface area contributed by atoms with E-state index >= 15 is 4.57 Å². The lowest BCUT2D eigenvalue weighted by Gasteiger charge is -2.26. The highest BCUT2D eigenvalue weighted by atomic mass is 31.2. The minimum absolute atomic E-state index is 0.00803. The maximum Gasteiger partial charge on any atom is 0.290 e. The van der Waals surface area contributed by atoms with Crippen molar-refractivity contribution >= 4 is 7.59 Å². The van der Waals surface area contributed by atoms with Crippen LogP contribution in [0.4, 0.5) is 0 Å². The van der Waals surface area contributed by atoms with Gasteiger partial charge in [-0.2, -0.15) is 0 Å². The highest BCUT2D eigenvalue weighted by Crippen LogP contribution is 2.88. The molecule has 9 rings (SSSR count). The first-order valence-corrected chi connectivity index (χ1v) is 18.1. The van der Waals surface area contributed by atoms with E-state index in [1.807, 2.05) is 0 Å². The van der Waals surface area contributed by atoms with Gasteiger partial charge >= 0.3 is 0 Å². The van der Waals surface area contributed by atoms with Gasteiger partial charge in [-0.05, 0) is 33.4 Å². The molecule has 230 valence electrons. The standard InChI is InChI=1S/C42H36N3OP/c46-47(43-37(31-19-7-1-8-20-31)38(43)32-21-9-2-10-22-32,44-39(33-23-11-3-12-24-33)40(44)34-25-13-4-14-26-34)45-41(35-27-15-5-16-28-35)42(45)36-29-17-6-18-30-36/h1-30,37-42H. The maximum atomic E-state index is 17.0. The SMILES string of the molecule is O=P(N1C(c2ccccc2)C1c1ccccc1)(N1C(c2ccccc2)C1c1ccccc1)N1C(c2ccccc2)C1c1ccccc1. The van der Waals surface area contributed by atoms with Crippen molar-refractivity contribution in [2.45, 2.75) is 36.3 Å². The van der Waals surface area contributed by atoms with Gasteiger partial charge in [0.2, 0.25) is 0 Å². The van der Waals surface area contributed by atoms with Gasteiger partial charge in [-0.1, -0.05) is 182 Å². The van der Waals surface area contributed by atoms with E-state index in [1.165, 1.54) is 33.4 Å². The number of rotatable bonds is 9. The van der Waals surface area contributed by atoms with Gasteiger partial charge in [-0.25, -0.2) is 14.0 Å². The molecule has 5 heteroatoms. The maximum absolute atomic E-state index is 17.0. The summed E-state index contributed by atoms with van der Waals surface area (Å²) in [5.74, 6) is 0. The fraction of sp³-hybridized carbons (Fsp3) is 0.143. The zero-order chi connectivity index (χ0) is 31.4. The lowest BCUT2D eigenvalue weighted by molar-refractivity contribution is 0.441. The Hall–Kier alpha value is -4.57. The molecule has 0 aromatic heterocycles. The van der Waals surface area contributed by atoms with Gasteiger partial charge in [0.15, 0.2) is 0 Å². The Morgan fingerprint density at radius 1 is 0.277 bits per heavy atom. The Balaban J connectivity index is 1.25. The third kappa shape index (κ3) is 4.83. The molecular formula is C42H36N3OP. The molecule has 0 aliphatic carbocycles. The summed E-state index contributed by atoms with van der Waals surface area (Å²) in [4.78, 5) is 0. The Bertz CT molecular complexity index is 1640. The Morgan fingerprint density at radius 2 is 0.426 bits per heavy atom. The molecule has 0 N–H and O–H groups in total. The predicted octanol–water partition coefficient (Wildman–Crippen LogP) is 10.5. The summed E-state index contributed by atoms with van der Waals surface area (Å²) >= 11 is 0. The molecule has 3 aliphatic heterocycles. The Kier molecular flexibility index (Phi) is 7.06. The molecule has 6 aromatic rings. The van der Waals surface area contributed by atoms with Crippen molar-refractivity contribution in [1.82, 2.24) is 14.0 Å². The van der Waals surface area contributed by atoms with E-state index in [1.54, 1.807) is 0 Å². The van der Waals surface area contributed by atoms with Gasteiger partial charge in [0.05, 0.1) is 36.3 Å². The van der Waals surface area contributed by atoms with Crippen LogP contribution in [0.25, 0.3) is 0 Å². The lowest BCUT2D eigenvalue weighted by atomic mass is 10.0. The van der Waals surface area contributed by atoms with Crippen molar-refractivity contribution in [3.8, 4) is 0 Å². The largest absolute Gasteiger partial charge is 0.290 e. The van der Waals surface area contributed by atoms with Crippen molar-refractivity contribution < 1.29 is 4.57 Å². The first-order chi connectivity index (χ1) is 23.3. The second kappa shape index (κ2) is 11.6. The monoisotopic (exact) mass is 629 g/mol. The molecule has 0 radical (unpaired) electrons. The summed E-state index contributed by atoms with van der Waals surface area (Å²) in [7, 11) is -3.43. The van der Waals surface area contributed by atoms with E-state index in [0.717, 1.165) is 0 Å². The zero-order valence-electron chi connectivity index (χ0n) is 26.0. The zero-order valence-corrected chi connectivity index (χ0v) is 26.9. The molecule has 3 fully saturated rings. The molecule has 6 aromatic carbocycles. The lowest BCUT2D eigenvalue weighted by Crippen LogP contribution is -2.15. The van der Waals surface area contributed by atoms with Gasteiger partial charge < -0.3 is 0 Å². The van der Waals surface area contributed by atoms with Crippen molar-refractivity contribution in [3.63, 3.8) is 0 Å². The van der Waals surface area contributed by atoms with E-state index in [4.69, 9.17) is 0 Å². The van der Waals surface area contributed by atoms with Gasteiger partial charge in [-0.3, -0.25) is 4.57 Å². The topological polar surface area (TPSA) is 26.1 Å². The average Bonchev–Trinajstić information content (AvgIpc) is 4.07. The Labute approximate surface area is 277 Å². The summed E-state index contributed by atoms with van der Waals surface area (Å²) in [5.41, 5.74) is 7.20. The summed E-state index contributed by atoms with van der Waals surface area (Å²) < 4.78 is 24.1. The average molecular weight is 630 g/mol. The minimum atomic E-state index is -3.43. The molecule has 0 bridgehead atoms. The summed E-state index contributed by atoms with van der Waals surface area (Å²) in [6.45, 7) is 0. The van der Waals surface area contributed by atoms with Crippen LogP contribution >= 0.6 is 7.59 Å². The van der Waals surface area contributed by atoms with Crippen LogP contribution in [-0.4, -0.2) is 14.0 Å². The van der Waals surface area contributed by atoms with Crippen molar-refractivity contribution in [2.24, 2.45) is 0 Å². The molecule has 0 saturated carbocycles. The van der Waals surface area contributed by atoms with Crippen LogP contribution in [0.5, 0.6) is 0 Å². The van der Waals surface area contributed by atoms with Gasteiger partial charge in [0, 0.05) is 0 Å². The quantitative estimate of drug-likeness (QED) is 0.117. The van der Waals surface area contributed by atoms with Crippen LogP contribution in [0, 0.1) is 0 Å². The van der Waals surface area contributed by atoms with Crippen molar-refractivity contribution in [3.05, 3.63) is 215 Å². The molecule has 6 atom stereocenters. The molecule has 0 spiro atoms. The smallest absolute Gasteiger partial charge is 0.270 e. The van der Waals surface area contributed by atoms with Crippen LogP contribution in [0.2, 0.25) is 0 Å². The van der Waals surface area contributed by atoms with E-state index in [9.17, 15) is 0 Å². The van der Waals surface area contributed by atoms with Gasteiger partial charge in [-0.15, -0.1) is 0 Å². The third-order valence-corrected chi connectivity index (χ3v) is 13.4. The third-order valence-electron chi connectivity index (χ3n) is 10.1. The number of nitrogens with zero attached hydrogens (tertiary/aromatic N) is 3. The molecular weight excluding hydrogens is 593 g/mol. The van der Waals surface area contributed by atoms with Gasteiger partial charge in [0.25, 0.3) is 7.59 Å². The van der Waals surface area contributed by atoms with Crippen LogP contribution < -0.4 is 0 Å². The summed E-state index contributed by atoms with van der Waals surface area (Å²) in [5, 5.41) is 0. The fourth-order valence-electron chi connectivity index (χ4n) is 7.90. The van der Waals surface area contributed by atoms with Crippen molar-refractivity contribution in [1.29, 1.82) is 0 Å². The molecule has 0 amide bonds. The van der Waals surface area contributed by atoms with E-state index in [2.05, 4.69) is 196 Å². The normalized spacial score (nSPS) is 30.2.